The van der Waals surface area contributed by atoms with Gasteiger partial charge in [-0.3, -0.25) is 9.59 Å². The van der Waals surface area contributed by atoms with Crippen molar-refractivity contribution in [3.63, 3.8) is 0 Å². The molecule has 0 aromatic heterocycles. The Labute approximate surface area is 186 Å². The number of nitrogens with one attached hydrogen (secondary N) is 1. The summed E-state index contributed by atoms with van der Waals surface area (Å²) in [5.41, 5.74) is 3.16. The van der Waals surface area contributed by atoms with E-state index in [1.807, 2.05) is 44.2 Å². The number of carbonyl (C=O) groups is 2. The standard InChI is InChI=1S/C24H23Cl2NO3/c1-13(2)30-16-8-6-14(7-9-16)15-10-20-23(21(28)11-15)18(12-22(29)27-20)17-4-3-5-19(25)24(17)26/h3-9,13,15,18H,10-12H2,1-2H3,(H,27,29). The zero-order chi connectivity index (χ0) is 21.4. The number of halogens is 2. The minimum Gasteiger partial charge on any atom is -0.491 e. The predicted molar refractivity (Wildman–Crippen MR) is 118 cm³/mol. The van der Waals surface area contributed by atoms with Gasteiger partial charge >= 0.3 is 0 Å². The molecule has 0 saturated heterocycles. The van der Waals surface area contributed by atoms with Gasteiger partial charge in [-0.25, -0.2) is 0 Å². The van der Waals surface area contributed by atoms with E-state index in [-0.39, 0.29) is 36.1 Å². The van der Waals surface area contributed by atoms with E-state index in [9.17, 15) is 9.59 Å². The summed E-state index contributed by atoms with van der Waals surface area (Å²) in [6.45, 7) is 3.96. The molecule has 1 N–H and O–H groups in total. The van der Waals surface area contributed by atoms with Crippen LogP contribution < -0.4 is 10.1 Å². The highest BCUT2D eigenvalue weighted by Gasteiger charge is 2.39. The lowest BCUT2D eigenvalue weighted by molar-refractivity contribution is -0.122. The van der Waals surface area contributed by atoms with Gasteiger partial charge < -0.3 is 10.1 Å². The van der Waals surface area contributed by atoms with Crippen molar-refractivity contribution in [2.24, 2.45) is 0 Å². The molecule has 4 rings (SSSR count). The molecule has 2 aliphatic rings. The van der Waals surface area contributed by atoms with Crippen molar-refractivity contribution in [1.29, 1.82) is 0 Å². The number of hydrogen-bond donors (Lipinski definition) is 1. The molecule has 30 heavy (non-hydrogen) atoms. The molecule has 6 heteroatoms. The number of ketones is 1. The van der Waals surface area contributed by atoms with Crippen LogP contribution in [0.15, 0.2) is 53.7 Å². The number of ether oxygens (including phenoxy) is 1. The first kappa shape index (κ1) is 21.0. The monoisotopic (exact) mass is 443 g/mol. The van der Waals surface area contributed by atoms with Crippen LogP contribution in [0.5, 0.6) is 5.75 Å². The van der Waals surface area contributed by atoms with Gasteiger partial charge in [0.25, 0.3) is 0 Å². The van der Waals surface area contributed by atoms with Crippen molar-refractivity contribution in [3.05, 3.63) is 74.9 Å². The summed E-state index contributed by atoms with van der Waals surface area (Å²) >= 11 is 12.6. The maximum atomic E-state index is 13.2. The summed E-state index contributed by atoms with van der Waals surface area (Å²) in [5.74, 6) is 0.389. The third kappa shape index (κ3) is 4.12. The van der Waals surface area contributed by atoms with Gasteiger partial charge in [0.05, 0.1) is 16.1 Å². The molecule has 1 amide bonds. The van der Waals surface area contributed by atoms with Crippen molar-refractivity contribution in [3.8, 4) is 5.75 Å². The highest BCUT2D eigenvalue weighted by atomic mass is 35.5. The molecule has 0 bridgehead atoms. The molecule has 0 saturated carbocycles. The third-order valence-electron chi connectivity index (χ3n) is 5.62. The van der Waals surface area contributed by atoms with Gasteiger partial charge in [0.15, 0.2) is 5.78 Å². The Bertz CT molecular complexity index is 1030. The first-order valence-corrected chi connectivity index (χ1v) is 10.9. The molecular formula is C24H23Cl2NO3. The molecule has 156 valence electrons. The van der Waals surface area contributed by atoms with Crippen LogP contribution in [0, 0.1) is 0 Å². The minimum absolute atomic E-state index is 0.0123. The van der Waals surface area contributed by atoms with E-state index in [1.165, 1.54) is 0 Å². The normalized spacial score (nSPS) is 21.5. The molecule has 2 atom stereocenters. The van der Waals surface area contributed by atoms with E-state index in [1.54, 1.807) is 12.1 Å². The summed E-state index contributed by atoms with van der Waals surface area (Å²) in [4.78, 5) is 25.6. The number of rotatable bonds is 4. The summed E-state index contributed by atoms with van der Waals surface area (Å²) in [7, 11) is 0. The molecule has 4 nitrogen and oxygen atoms in total. The van der Waals surface area contributed by atoms with E-state index in [4.69, 9.17) is 27.9 Å². The van der Waals surface area contributed by atoms with E-state index >= 15 is 0 Å². The summed E-state index contributed by atoms with van der Waals surface area (Å²) in [5, 5.41) is 3.77. The van der Waals surface area contributed by atoms with Crippen molar-refractivity contribution in [1.82, 2.24) is 5.32 Å². The molecule has 0 fully saturated rings. The van der Waals surface area contributed by atoms with E-state index in [2.05, 4.69) is 5.32 Å². The second-order valence-corrected chi connectivity index (χ2v) is 8.89. The van der Waals surface area contributed by atoms with Crippen molar-refractivity contribution >= 4 is 34.9 Å². The van der Waals surface area contributed by atoms with E-state index in [0.717, 1.165) is 16.9 Å². The molecule has 2 aromatic rings. The van der Waals surface area contributed by atoms with E-state index in [0.29, 0.717) is 34.2 Å². The first-order valence-electron chi connectivity index (χ1n) is 10.1. The molecule has 1 aliphatic heterocycles. The van der Waals surface area contributed by atoms with Crippen LogP contribution in [0.3, 0.4) is 0 Å². The number of Topliss-reactive ketones (excluding diaryl/α,β-unsaturated/α-hetero) is 1. The summed E-state index contributed by atoms with van der Waals surface area (Å²) < 4.78 is 5.70. The zero-order valence-corrected chi connectivity index (χ0v) is 18.4. The van der Waals surface area contributed by atoms with Crippen molar-refractivity contribution < 1.29 is 14.3 Å². The number of benzene rings is 2. The lowest BCUT2D eigenvalue weighted by Crippen LogP contribution is -2.38. The molecule has 2 unspecified atom stereocenters. The smallest absolute Gasteiger partial charge is 0.225 e. The van der Waals surface area contributed by atoms with Crippen LogP contribution >= 0.6 is 23.2 Å². The van der Waals surface area contributed by atoms with Gasteiger partial charge in [0.1, 0.15) is 5.75 Å². The van der Waals surface area contributed by atoms with Gasteiger partial charge in [0.2, 0.25) is 5.91 Å². The maximum absolute atomic E-state index is 13.2. The lowest BCUT2D eigenvalue weighted by atomic mass is 9.73. The fourth-order valence-electron chi connectivity index (χ4n) is 4.34. The Kier molecular flexibility index (Phi) is 5.90. The van der Waals surface area contributed by atoms with Gasteiger partial charge in [-0.2, -0.15) is 0 Å². The number of allylic oxidation sites excluding steroid dienone is 2. The highest BCUT2D eigenvalue weighted by molar-refractivity contribution is 6.42. The molecule has 2 aromatic carbocycles. The predicted octanol–water partition coefficient (Wildman–Crippen LogP) is 5.78. The average Bonchev–Trinajstić information content (AvgIpc) is 2.69. The Morgan fingerprint density at radius 3 is 2.43 bits per heavy atom. The maximum Gasteiger partial charge on any atom is 0.225 e. The Morgan fingerprint density at radius 1 is 1.00 bits per heavy atom. The van der Waals surface area contributed by atoms with Crippen LogP contribution in [0.4, 0.5) is 0 Å². The summed E-state index contributed by atoms with van der Waals surface area (Å²) in [6, 6.07) is 13.2. The minimum atomic E-state index is -0.366. The number of hydrogen-bond acceptors (Lipinski definition) is 3. The van der Waals surface area contributed by atoms with Gasteiger partial charge in [-0.15, -0.1) is 0 Å². The molecule has 0 radical (unpaired) electrons. The third-order valence-corrected chi connectivity index (χ3v) is 6.45. The molecular weight excluding hydrogens is 421 g/mol. The quantitative estimate of drug-likeness (QED) is 0.650. The van der Waals surface area contributed by atoms with Crippen LogP contribution in [-0.4, -0.2) is 17.8 Å². The largest absolute Gasteiger partial charge is 0.491 e. The number of amides is 1. The topological polar surface area (TPSA) is 55.4 Å². The van der Waals surface area contributed by atoms with Gasteiger partial charge in [0, 0.05) is 30.0 Å². The zero-order valence-electron chi connectivity index (χ0n) is 16.9. The Morgan fingerprint density at radius 2 is 1.73 bits per heavy atom. The van der Waals surface area contributed by atoms with Crippen molar-refractivity contribution in [2.75, 3.05) is 0 Å². The molecule has 0 spiro atoms. The van der Waals surface area contributed by atoms with Crippen molar-refractivity contribution in [2.45, 2.75) is 51.0 Å². The van der Waals surface area contributed by atoms with Gasteiger partial charge in [-0.05, 0) is 55.5 Å². The fourth-order valence-corrected chi connectivity index (χ4v) is 4.78. The van der Waals surface area contributed by atoms with E-state index < -0.39 is 0 Å². The first-order chi connectivity index (χ1) is 14.3. The highest BCUT2D eigenvalue weighted by Crippen LogP contribution is 2.45. The number of carbonyl (C=O) groups excluding carboxylic acids is 2. The molecule has 1 heterocycles. The molecule has 1 aliphatic carbocycles. The van der Waals surface area contributed by atoms with Crippen LogP contribution in [-0.2, 0) is 9.59 Å². The van der Waals surface area contributed by atoms with Gasteiger partial charge in [-0.1, -0.05) is 47.5 Å². The second-order valence-electron chi connectivity index (χ2n) is 8.10. The van der Waals surface area contributed by atoms with Crippen LogP contribution in [0.25, 0.3) is 0 Å². The van der Waals surface area contributed by atoms with Crippen LogP contribution in [0.2, 0.25) is 10.0 Å². The average molecular weight is 444 g/mol. The Balaban J connectivity index is 1.65. The summed E-state index contributed by atoms with van der Waals surface area (Å²) in [6.07, 6.45) is 1.29. The van der Waals surface area contributed by atoms with Crippen LogP contribution in [0.1, 0.15) is 56.1 Å². The second kappa shape index (κ2) is 8.44. The SMILES string of the molecule is CC(C)Oc1ccc(C2CC(=O)C3=C(C2)NC(=O)CC3c2cccc(Cl)c2Cl)cc1. The fraction of sp³-hybridized carbons (Fsp3) is 0.333. The Hall–Kier alpha value is -2.30. The lowest BCUT2D eigenvalue weighted by Gasteiger charge is -2.35.